The third-order valence-electron chi connectivity index (χ3n) is 11.4. The van der Waals surface area contributed by atoms with Crippen LogP contribution in [-0.2, 0) is 19.0 Å². The van der Waals surface area contributed by atoms with Crippen molar-refractivity contribution in [3.8, 4) is 0 Å². The molecule has 4 aliphatic carbocycles. The van der Waals surface area contributed by atoms with Gasteiger partial charge in [-0.15, -0.1) is 6.58 Å². The van der Waals surface area contributed by atoms with Gasteiger partial charge < -0.3 is 24.4 Å². The number of fused-ring (bicyclic) bond motifs is 5. The molecule has 0 spiro atoms. The minimum Gasteiger partial charge on any atom is -0.457 e. The second kappa shape index (κ2) is 9.41. The standard InChI is InChI=1S/C29H46O6/c1-6-18-8-10-22-21-9-7-19-15-20(11-13-29(19,5)23(21)12-14-28(18,22)4)35-27-25(32)24(31)26(16(2)33-27)34-17(3)30/h6,16,18-27,31-32H,1,7-15H2,2-5H3. The lowest BCUT2D eigenvalue weighted by molar-refractivity contribution is -0.311. The third-order valence-corrected chi connectivity index (χ3v) is 11.4. The lowest BCUT2D eigenvalue weighted by atomic mass is 9.44. The minimum atomic E-state index is -1.24. The van der Waals surface area contributed by atoms with E-state index in [0.29, 0.717) is 22.7 Å². The molecule has 5 aliphatic rings. The van der Waals surface area contributed by atoms with Crippen molar-refractivity contribution in [2.75, 3.05) is 0 Å². The SMILES string of the molecule is C=CC1CCC2C3CCC4CC(OC5OC(C)C(OC(C)=O)C(O)C5O)CCC4(C)C3CCC12C. The molecule has 0 aromatic heterocycles. The molecule has 6 heteroatoms. The van der Waals surface area contributed by atoms with Gasteiger partial charge in [0.1, 0.15) is 12.2 Å². The predicted octanol–water partition coefficient (Wildman–Crippen LogP) is 4.61. The zero-order chi connectivity index (χ0) is 25.1. The summed E-state index contributed by atoms with van der Waals surface area (Å²) in [7, 11) is 0. The van der Waals surface area contributed by atoms with Crippen molar-refractivity contribution in [1.82, 2.24) is 0 Å². The van der Waals surface area contributed by atoms with Crippen LogP contribution in [0, 0.1) is 40.4 Å². The van der Waals surface area contributed by atoms with Crippen LogP contribution < -0.4 is 0 Å². The Kier molecular flexibility index (Phi) is 6.91. The molecule has 0 aromatic carbocycles. The zero-order valence-corrected chi connectivity index (χ0v) is 22.0. The van der Waals surface area contributed by atoms with Crippen LogP contribution in [-0.4, -0.2) is 53.0 Å². The molecule has 1 aliphatic heterocycles. The van der Waals surface area contributed by atoms with E-state index in [-0.39, 0.29) is 6.10 Å². The van der Waals surface area contributed by atoms with Gasteiger partial charge in [0.2, 0.25) is 0 Å². The van der Waals surface area contributed by atoms with E-state index in [9.17, 15) is 15.0 Å². The summed E-state index contributed by atoms with van der Waals surface area (Å²) in [5.74, 6) is 3.29. The molecular weight excluding hydrogens is 444 g/mol. The summed E-state index contributed by atoms with van der Waals surface area (Å²) < 4.78 is 17.4. The van der Waals surface area contributed by atoms with E-state index in [0.717, 1.165) is 37.0 Å². The Hall–Kier alpha value is -0.950. The summed E-state index contributed by atoms with van der Waals surface area (Å²) in [6.45, 7) is 12.3. The van der Waals surface area contributed by atoms with Crippen molar-refractivity contribution in [3.05, 3.63) is 12.7 Å². The van der Waals surface area contributed by atoms with Crippen LogP contribution in [0.15, 0.2) is 12.7 Å². The van der Waals surface area contributed by atoms with Gasteiger partial charge in [-0.25, -0.2) is 0 Å². The monoisotopic (exact) mass is 490 g/mol. The first-order valence-corrected chi connectivity index (χ1v) is 14.0. The minimum absolute atomic E-state index is 0.0134. The molecule has 2 N–H and O–H groups in total. The van der Waals surface area contributed by atoms with E-state index in [1.54, 1.807) is 6.92 Å². The van der Waals surface area contributed by atoms with E-state index in [2.05, 4.69) is 26.5 Å². The summed E-state index contributed by atoms with van der Waals surface area (Å²) in [5, 5.41) is 21.2. The Bertz CT molecular complexity index is 815. The number of aliphatic hydroxyl groups is 2. The number of ether oxygens (including phenoxy) is 3. The maximum absolute atomic E-state index is 11.4. The summed E-state index contributed by atoms with van der Waals surface area (Å²) in [4.78, 5) is 11.4. The van der Waals surface area contributed by atoms with Gasteiger partial charge in [0.15, 0.2) is 12.4 Å². The van der Waals surface area contributed by atoms with Crippen LogP contribution in [0.3, 0.4) is 0 Å². The van der Waals surface area contributed by atoms with Crippen LogP contribution in [0.1, 0.15) is 85.5 Å². The number of hydrogen-bond donors (Lipinski definition) is 2. The molecule has 0 aromatic rings. The summed E-state index contributed by atoms with van der Waals surface area (Å²) in [6.07, 6.45) is 8.48. The Balaban J connectivity index is 1.23. The molecule has 5 fully saturated rings. The van der Waals surface area contributed by atoms with Crippen LogP contribution >= 0.6 is 0 Å². The van der Waals surface area contributed by atoms with Gasteiger partial charge in [-0.05, 0) is 105 Å². The van der Waals surface area contributed by atoms with Crippen molar-refractivity contribution >= 4 is 5.97 Å². The molecule has 0 bridgehead atoms. The predicted molar refractivity (Wildman–Crippen MR) is 132 cm³/mol. The molecule has 1 saturated heterocycles. The molecule has 4 saturated carbocycles. The molecule has 13 unspecified atom stereocenters. The average molecular weight is 491 g/mol. The van der Waals surface area contributed by atoms with E-state index in [4.69, 9.17) is 14.2 Å². The Morgan fingerprint density at radius 1 is 1.00 bits per heavy atom. The average Bonchev–Trinajstić information content (AvgIpc) is 3.16. The van der Waals surface area contributed by atoms with Crippen LogP contribution in [0.2, 0.25) is 0 Å². The number of esters is 1. The van der Waals surface area contributed by atoms with Gasteiger partial charge in [-0.1, -0.05) is 19.9 Å². The fraction of sp³-hybridized carbons (Fsp3) is 0.897. The first-order chi connectivity index (χ1) is 16.6. The van der Waals surface area contributed by atoms with Gasteiger partial charge in [-0.3, -0.25) is 4.79 Å². The van der Waals surface area contributed by atoms with Gasteiger partial charge >= 0.3 is 5.97 Å². The molecule has 6 nitrogen and oxygen atoms in total. The zero-order valence-electron chi connectivity index (χ0n) is 22.0. The lowest BCUT2D eigenvalue weighted by Gasteiger charge is -2.61. The molecule has 0 radical (unpaired) electrons. The fourth-order valence-corrected chi connectivity index (χ4v) is 9.43. The topological polar surface area (TPSA) is 85.2 Å². The first kappa shape index (κ1) is 25.7. The van der Waals surface area contributed by atoms with E-state index in [1.165, 1.54) is 45.4 Å². The number of allylic oxidation sites excluding steroid dienone is 1. The highest BCUT2D eigenvalue weighted by atomic mass is 16.7. The largest absolute Gasteiger partial charge is 0.457 e. The normalized spacial score (nSPS) is 53.7. The Morgan fingerprint density at radius 2 is 1.71 bits per heavy atom. The Labute approximate surface area is 210 Å². The summed E-state index contributed by atoms with van der Waals surface area (Å²) in [5.41, 5.74) is 0.804. The highest BCUT2D eigenvalue weighted by Gasteiger charge is 2.60. The number of carbonyl (C=O) groups excluding carboxylic acids is 1. The Morgan fingerprint density at radius 3 is 2.43 bits per heavy atom. The number of hydrogen-bond acceptors (Lipinski definition) is 6. The van der Waals surface area contributed by atoms with Crippen molar-refractivity contribution in [3.63, 3.8) is 0 Å². The van der Waals surface area contributed by atoms with Gasteiger partial charge in [0.05, 0.1) is 12.2 Å². The van der Waals surface area contributed by atoms with Crippen LogP contribution in [0.25, 0.3) is 0 Å². The van der Waals surface area contributed by atoms with Crippen LogP contribution in [0.5, 0.6) is 0 Å². The van der Waals surface area contributed by atoms with Crippen molar-refractivity contribution in [1.29, 1.82) is 0 Å². The van der Waals surface area contributed by atoms with Gasteiger partial charge in [0.25, 0.3) is 0 Å². The molecule has 5 rings (SSSR count). The van der Waals surface area contributed by atoms with E-state index < -0.39 is 36.7 Å². The molecule has 198 valence electrons. The number of aliphatic hydroxyl groups excluding tert-OH is 2. The number of rotatable bonds is 4. The first-order valence-electron chi connectivity index (χ1n) is 14.0. The second-order valence-corrected chi connectivity index (χ2v) is 12.9. The van der Waals surface area contributed by atoms with Gasteiger partial charge in [-0.2, -0.15) is 0 Å². The third kappa shape index (κ3) is 4.20. The molecule has 1 heterocycles. The van der Waals surface area contributed by atoms with Crippen molar-refractivity contribution in [2.24, 2.45) is 40.4 Å². The van der Waals surface area contributed by atoms with E-state index in [1.807, 2.05) is 0 Å². The maximum Gasteiger partial charge on any atom is 0.303 e. The smallest absolute Gasteiger partial charge is 0.303 e. The second-order valence-electron chi connectivity index (χ2n) is 12.9. The van der Waals surface area contributed by atoms with Crippen molar-refractivity contribution < 1.29 is 29.2 Å². The van der Waals surface area contributed by atoms with Gasteiger partial charge in [0, 0.05) is 6.92 Å². The number of carbonyl (C=O) groups is 1. The van der Waals surface area contributed by atoms with Crippen LogP contribution in [0.4, 0.5) is 0 Å². The molecule has 0 amide bonds. The highest BCUT2D eigenvalue weighted by Crippen LogP contribution is 2.67. The van der Waals surface area contributed by atoms with Crippen molar-refractivity contribution in [2.45, 2.75) is 122 Å². The summed E-state index contributed by atoms with van der Waals surface area (Å²) >= 11 is 0. The quantitative estimate of drug-likeness (QED) is 0.340. The molecule has 13 atom stereocenters. The molecular formula is C29H46O6. The van der Waals surface area contributed by atoms with E-state index >= 15 is 0 Å². The fourth-order valence-electron chi connectivity index (χ4n) is 9.43. The highest BCUT2D eigenvalue weighted by molar-refractivity contribution is 5.66. The lowest BCUT2D eigenvalue weighted by Crippen LogP contribution is -2.59. The molecule has 35 heavy (non-hydrogen) atoms. The maximum atomic E-state index is 11.4. The summed E-state index contributed by atoms with van der Waals surface area (Å²) in [6, 6.07) is 0.